The molecule has 0 aliphatic heterocycles. The maximum atomic E-state index is 6.40. The zero-order valence-corrected chi connectivity index (χ0v) is 17.5. The molecule has 150 valence electrons. The first-order valence-electron chi connectivity index (χ1n) is 10.9. The van der Waals surface area contributed by atoms with Gasteiger partial charge in [0.15, 0.2) is 18.3 Å². The molecule has 4 bridgehead atoms. The van der Waals surface area contributed by atoms with Crippen LogP contribution in [0.3, 0.4) is 0 Å². The highest BCUT2D eigenvalue weighted by atomic mass is 16.7. The first-order chi connectivity index (χ1) is 13.0. The number of ether oxygens (including phenoxy) is 3. The van der Waals surface area contributed by atoms with Crippen LogP contribution in [0.25, 0.3) is 0 Å². The van der Waals surface area contributed by atoms with Crippen LogP contribution in [0.1, 0.15) is 77.2 Å². The van der Waals surface area contributed by atoms with Gasteiger partial charge < -0.3 is 14.2 Å². The molecule has 1 atom stereocenters. The first-order valence-corrected chi connectivity index (χ1v) is 10.9. The van der Waals surface area contributed by atoms with Gasteiger partial charge in [0.25, 0.3) is 0 Å². The minimum absolute atomic E-state index is 0.0910. The van der Waals surface area contributed by atoms with Gasteiger partial charge in [0.2, 0.25) is 0 Å². The summed E-state index contributed by atoms with van der Waals surface area (Å²) < 4.78 is 18.0. The average Bonchev–Trinajstić information content (AvgIpc) is 2.60. The SMILES string of the molecule is COc1cc(C(C)CC(C)C)ccc1OCOC12CC3CC(CC(C3)C1)C2. The van der Waals surface area contributed by atoms with Crippen molar-refractivity contribution in [2.45, 2.75) is 77.2 Å². The fourth-order valence-corrected chi connectivity index (χ4v) is 6.38. The van der Waals surface area contributed by atoms with Crippen LogP contribution in [0.4, 0.5) is 0 Å². The van der Waals surface area contributed by atoms with E-state index in [4.69, 9.17) is 14.2 Å². The fourth-order valence-electron chi connectivity index (χ4n) is 6.38. The summed E-state index contributed by atoms with van der Waals surface area (Å²) in [4.78, 5) is 0. The summed E-state index contributed by atoms with van der Waals surface area (Å²) in [6.45, 7) is 7.16. The molecule has 4 saturated carbocycles. The largest absolute Gasteiger partial charge is 0.493 e. The molecule has 3 heteroatoms. The maximum Gasteiger partial charge on any atom is 0.189 e. The van der Waals surface area contributed by atoms with Gasteiger partial charge in [-0.3, -0.25) is 0 Å². The molecule has 0 heterocycles. The summed E-state index contributed by atoms with van der Waals surface area (Å²) in [5.74, 6) is 5.51. The van der Waals surface area contributed by atoms with Gasteiger partial charge >= 0.3 is 0 Å². The molecule has 0 spiro atoms. The lowest BCUT2D eigenvalue weighted by Crippen LogP contribution is -2.52. The van der Waals surface area contributed by atoms with Crippen LogP contribution in [0, 0.1) is 23.7 Å². The quantitative estimate of drug-likeness (QED) is 0.511. The van der Waals surface area contributed by atoms with E-state index in [1.807, 2.05) is 6.07 Å². The Morgan fingerprint density at radius 1 is 0.963 bits per heavy atom. The summed E-state index contributed by atoms with van der Waals surface area (Å²) >= 11 is 0. The zero-order valence-electron chi connectivity index (χ0n) is 17.5. The van der Waals surface area contributed by atoms with E-state index < -0.39 is 0 Å². The van der Waals surface area contributed by atoms with Gasteiger partial charge in [-0.2, -0.15) is 0 Å². The molecule has 27 heavy (non-hydrogen) atoms. The van der Waals surface area contributed by atoms with Crippen molar-refractivity contribution in [3.63, 3.8) is 0 Å². The highest BCUT2D eigenvalue weighted by Gasteiger charge is 2.51. The van der Waals surface area contributed by atoms with E-state index in [2.05, 4.69) is 32.9 Å². The first kappa shape index (κ1) is 19.1. The molecule has 0 radical (unpaired) electrons. The van der Waals surface area contributed by atoms with Crippen molar-refractivity contribution in [2.24, 2.45) is 23.7 Å². The monoisotopic (exact) mass is 372 g/mol. The second-order valence-electron chi connectivity index (χ2n) is 9.95. The molecule has 0 saturated heterocycles. The van der Waals surface area contributed by atoms with Gasteiger partial charge in [-0.25, -0.2) is 0 Å². The Morgan fingerprint density at radius 3 is 2.15 bits per heavy atom. The molecule has 1 aromatic rings. The molecular formula is C24H36O3. The van der Waals surface area contributed by atoms with Crippen molar-refractivity contribution in [1.29, 1.82) is 0 Å². The molecule has 3 nitrogen and oxygen atoms in total. The van der Waals surface area contributed by atoms with E-state index in [1.54, 1.807) is 7.11 Å². The third-order valence-electron chi connectivity index (χ3n) is 7.14. The van der Waals surface area contributed by atoms with Crippen LogP contribution in [-0.4, -0.2) is 19.5 Å². The van der Waals surface area contributed by atoms with Crippen molar-refractivity contribution in [2.75, 3.05) is 13.9 Å². The predicted octanol–water partition coefficient (Wildman–Crippen LogP) is 6.17. The van der Waals surface area contributed by atoms with Crippen LogP contribution in [-0.2, 0) is 4.74 Å². The van der Waals surface area contributed by atoms with E-state index >= 15 is 0 Å². The second kappa shape index (κ2) is 7.66. The van der Waals surface area contributed by atoms with E-state index in [9.17, 15) is 0 Å². The lowest BCUT2D eigenvalue weighted by molar-refractivity contribution is -0.190. The highest BCUT2D eigenvalue weighted by molar-refractivity contribution is 5.43. The van der Waals surface area contributed by atoms with E-state index in [-0.39, 0.29) is 5.60 Å². The summed E-state index contributed by atoms with van der Waals surface area (Å²) in [6, 6.07) is 6.36. The molecule has 0 aromatic heterocycles. The maximum absolute atomic E-state index is 6.40. The topological polar surface area (TPSA) is 27.7 Å². The second-order valence-corrected chi connectivity index (χ2v) is 9.95. The van der Waals surface area contributed by atoms with Crippen LogP contribution in [0.15, 0.2) is 18.2 Å². The van der Waals surface area contributed by atoms with Gasteiger partial charge in [-0.15, -0.1) is 0 Å². The summed E-state index contributed by atoms with van der Waals surface area (Å²) in [7, 11) is 1.72. The van der Waals surface area contributed by atoms with Gasteiger partial charge in [0.1, 0.15) is 0 Å². The smallest absolute Gasteiger partial charge is 0.189 e. The molecular weight excluding hydrogens is 336 g/mol. The zero-order chi connectivity index (χ0) is 19.0. The number of benzene rings is 1. The van der Waals surface area contributed by atoms with Crippen molar-refractivity contribution in [3.05, 3.63) is 23.8 Å². The van der Waals surface area contributed by atoms with Gasteiger partial charge in [-0.1, -0.05) is 26.8 Å². The minimum Gasteiger partial charge on any atom is -0.493 e. The van der Waals surface area contributed by atoms with Crippen LogP contribution >= 0.6 is 0 Å². The minimum atomic E-state index is 0.0910. The lowest BCUT2D eigenvalue weighted by Gasteiger charge is -2.56. The van der Waals surface area contributed by atoms with Crippen molar-refractivity contribution in [3.8, 4) is 11.5 Å². The van der Waals surface area contributed by atoms with Crippen molar-refractivity contribution in [1.82, 2.24) is 0 Å². The molecule has 1 unspecified atom stereocenters. The molecule has 0 amide bonds. The average molecular weight is 373 g/mol. The standard InChI is InChI=1S/C24H36O3/c1-16(2)7-17(3)21-5-6-22(23(11-21)25-4)26-15-27-24-12-18-8-19(13-24)10-20(9-18)14-24/h5-6,11,16-20H,7-10,12-15H2,1-4H3. The van der Waals surface area contributed by atoms with Gasteiger partial charge in [0, 0.05) is 0 Å². The molecule has 1 aromatic carbocycles. The Bertz CT molecular complexity index is 616. The van der Waals surface area contributed by atoms with Crippen LogP contribution in [0.2, 0.25) is 0 Å². The Balaban J connectivity index is 1.37. The Hall–Kier alpha value is -1.22. The number of hydrogen-bond acceptors (Lipinski definition) is 3. The third-order valence-corrected chi connectivity index (χ3v) is 7.14. The molecule has 4 aliphatic rings. The van der Waals surface area contributed by atoms with Crippen LogP contribution < -0.4 is 9.47 Å². The van der Waals surface area contributed by atoms with Crippen molar-refractivity contribution < 1.29 is 14.2 Å². The number of hydrogen-bond donors (Lipinski definition) is 0. The number of rotatable bonds is 8. The van der Waals surface area contributed by atoms with E-state index in [0.717, 1.165) is 29.3 Å². The normalized spacial score (nSPS) is 32.7. The van der Waals surface area contributed by atoms with Crippen molar-refractivity contribution >= 4 is 0 Å². The summed E-state index contributed by atoms with van der Waals surface area (Å²) in [5.41, 5.74) is 1.41. The Kier molecular flexibility index (Phi) is 5.42. The van der Waals surface area contributed by atoms with E-state index in [0.29, 0.717) is 18.6 Å². The Labute approximate surface area is 164 Å². The molecule has 0 N–H and O–H groups in total. The Morgan fingerprint density at radius 2 is 1.59 bits per heavy atom. The van der Waals surface area contributed by atoms with Gasteiger partial charge in [-0.05, 0) is 92.2 Å². The summed E-state index contributed by atoms with van der Waals surface area (Å²) in [5, 5.41) is 0. The summed E-state index contributed by atoms with van der Waals surface area (Å²) in [6.07, 6.45) is 9.22. The fraction of sp³-hybridized carbons (Fsp3) is 0.750. The molecule has 4 fully saturated rings. The van der Waals surface area contributed by atoms with E-state index in [1.165, 1.54) is 50.5 Å². The lowest BCUT2D eigenvalue weighted by atomic mass is 9.54. The molecule has 5 rings (SSSR count). The third kappa shape index (κ3) is 4.13. The number of methoxy groups -OCH3 is 1. The highest BCUT2D eigenvalue weighted by Crippen LogP contribution is 2.57. The van der Waals surface area contributed by atoms with Gasteiger partial charge in [0.05, 0.1) is 12.7 Å². The van der Waals surface area contributed by atoms with Crippen LogP contribution in [0.5, 0.6) is 11.5 Å². The predicted molar refractivity (Wildman–Crippen MR) is 108 cm³/mol. The molecule has 4 aliphatic carbocycles.